The molecule has 0 spiro atoms. The van der Waals surface area contributed by atoms with Gasteiger partial charge in [0, 0.05) is 30.6 Å². The first-order valence-corrected chi connectivity index (χ1v) is 7.52. The summed E-state index contributed by atoms with van der Waals surface area (Å²) in [4.78, 5) is 23.4. The second kappa shape index (κ2) is 7.65. The average Bonchev–Trinajstić information content (AvgIpc) is 2.59. The van der Waals surface area contributed by atoms with Crippen molar-refractivity contribution in [3.8, 4) is 11.3 Å². The smallest absolute Gasteiger partial charge is 0.328 e. The van der Waals surface area contributed by atoms with Gasteiger partial charge in [-0.25, -0.2) is 9.78 Å². The predicted molar refractivity (Wildman–Crippen MR) is 93.3 cm³/mol. The number of pyridine rings is 1. The second-order valence-corrected chi connectivity index (χ2v) is 6.19. The second-order valence-electron chi connectivity index (χ2n) is 6.19. The van der Waals surface area contributed by atoms with E-state index in [1.807, 2.05) is 6.07 Å². The number of aliphatic carboxylic acids is 1. The molecule has 0 amide bonds. The van der Waals surface area contributed by atoms with Gasteiger partial charge in [0.25, 0.3) is 0 Å². The third kappa shape index (κ3) is 5.13. The van der Waals surface area contributed by atoms with Gasteiger partial charge in [-0.15, -0.1) is 0 Å². The lowest BCUT2D eigenvalue weighted by Crippen LogP contribution is -2.31. The van der Waals surface area contributed by atoms with E-state index in [2.05, 4.69) is 34.1 Å². The summed E-state index contributed by atoms with van der Waals surface area (Å²) in [7, 11) is 0. The number of nitrogens with two attached hydrogens (primary N) is 1. The van der Waals surface area contributed by atoms with Crippen LogP contribution in [-0.4, -0.2) is 39.1 Å². The zero-order valence-corrected chi connectivity index (χ0v) is 13.7. The number of carboxylic acid groups (broad SMARTS) is 1. The first-order valence-electron chi connectivity index (χ1n) is 7.52. The van der Waals surface area contributed by atoms with E-state index in [-0.39, 0.29) is 5.41 Å². The van der Waals surface area contributed by atoms with Gasteiger partial charge in [-0.1, -0.05) is 13.8 Å². The molecule has 24 heavy (non-hydrogen) atoms. The van der Waals surface area contributed by atoms with Crippen molar-refractivity contribution < 1.29 is 9.90 Å². The molecule has 7 nitrogen and oxygen atoms in total. The SMILES string of the molecule is CC(C)(CN)CNc1cncc(-c2cncc(/C=C/C(=O)O)c2)n1. The summed E-state index contributed by atoms with van der Waals surface area (Å²) in [5.74, 6) is -0.352. The van der Waals surface area contributed by atoms with Crippen LogP contribution in [0.2, 0.25) is 0 Å². The standard InChI is InChI=1S/C17H21N5O2/c1-17(2,10-18)11-21-15-9-20-8-14(22-15)13-5-12(6-19-7-13)3-4-16(23)24/h3-9H,10-11,18H2,1-2H3,(H,21,22)(H,23,24)/b4-3+. The molecule has 2 rings (SSSR count). The fourth-order valence-electron chi connectivity index (χ4n) is 1.85. The molecule has 0 unspecified atom stereocenters. The van der Waals surface area contributed by atoms with Crippen LogP contribution in [0.25, 0.3) is 17.3 Å². The number of rotatable bonds is 7. The molecule has 0 saturated heterocycles. The maximum Gasteiger partial charge on any atom is 0.328 e. The van der Waals surface area contributed by atoms with Crippen molar-refractivity contribution in [3.05, 3.63) is 42.5 Å². The number of aromatic nitrogens is 3. The van der Waals surface area contributed by atoms with Gasteiger partial charge >= 0.3 is 5.97 Å². The first-order chi connectivity index (χ1) is 11.4. The largest absolute Gasteiger partial charge is 0.478 e. The van der Waals surface area contributed by atoms with E-state index in [0.29, 0.717) is 30.2 Å². The molecule has 0 fully saturated rings. The topological polar surface area (TPSA) is 114 Å². The predicted octanol–water partition coefficient (Wildman–Crippen LogP) is 2.03. The molecular formula is C17H21N5O2. The summed E-state index contributed by atoms with van der Waals surface area (Å²) >= 11 is 0. The molecule has 0 aromatic carbocycles. The summed E-state index contributed by atoms with van der Waals surface area (Å²) in [6.45, 7) is 5.38. The molecule has 2 aromatic rings. The van der Waals surface area contributed by atoms with Gasteiger partial charge < -0.3 is 16.2 Å². The van der Waals surface area contributed by atoms with Crippen LogP contribution in [0, 0.1) is 5.41 Å². The molecule has 0 saturated carbocycles. The average molecular weight is 327 g/mol. The van der Waals surface area contributed by atoms with Gasteiger partial charge in [-0.3, -0.25) is 9.97 Å². The number of nitrogens with zero attached hydrogens (tertiary/aromatic N) is 3. The third-order valence-corrected chi connectivity index (χ3v) is 3.41. The summed E-state index contributed by atoms with van der Waals surface area (Å²) in [6, 6.07) is 1.81. The molecule has 0 atom stereocenters. The van der Waals surface area contributed by atoms with Crippen LogP contribution in [0.1, 0.15) is 19.4 Å². The number of carboxylic acids is 1. The maximum absolute atomic E-state index is 10.6. The molecule has 126 valence electrons. The fraction of sp³-hybridized carbons (Fsp3) is 0.294. The van der Waals surface area contributed by atoms with E-state index in [4.69, 9.17) is 10.8 Å². The van der Waals surface area contributed by atoms with Crippen molar-refractivity contribution in [1.29, 1.82) is 0 Å². The van der Waals surface area contributed by atoms with Crippen molar-refractivity contribution in [2.24, 2.45) is 11.1 Å². The Bertz CT molecular complexity index is 743. The molecule has 0 aliphatic rings. The molecule has 7 heteroatoms. The van der Waals surface area contributed by atoms with Crippen LogP contribution in [-0.2, 0) is 4.79 Å². The van der Waals surface area contributed by atoms with Gasteiger partial charge in [-0.05, 0) is 29.7 Å². The van der Waals surface area contributed by atoms with Crippen molar-refractivity contribution >= 4 is 17.9 Å². The van der Waals surface area contributed by atoms with E-state index in [9.17, 15) is 4.79 Å². The van der Waals surface area contributed by atoms with Gasteiger partial charge in [0.1, 0.15) is 5.82 Å². The van der Waals surface area contributed by atoms with Gasteiger partial charge in [0.2, 0.25) is 0 Å². The van der Waals surface area contributed by atoms with Crippen LogP contribution in [0.5, 0.6) is 0 Å². The Morgan fingerprint density at radius 3 is 2.75 bits per heavy atom. The molecule has 0 aliphatic carbocycles. The number of nitrogens with one attached hydrogen (secondary N) is 1. The molecule has 2 heterocycles. The minimum Gasteiger partial charge on any atom is -0.478 e. The number of hydrogen-bond acceptors (Lipinski definition) is 6. The molecule has 0 aliphatic heterocycles. The molecule has 4 N–H and O–H groups in total. The number of carbonyl (C=O) groups is 1. The highest BCUT2D eigenvalue weighted by molar-refractivity contribution is 5.85. The number of anilines is 1. The van der Waals surface area contributed by atoms with Crippen LogP contribution >= 0.6 is 0 Å². The minimum absolute atomic E-state index is 0.0409. The number of hydrogen-bond donors (Lipinski definition) is 3. The third-order valence-electron chi connectivity index (χ3n) is 3.41. The highest BCUT2D eigenvalue weighted by Crippen LogP contribution is 2.19. The molecular weight excluding hydrogens is 306 g/mol. The van der Waals surface area contributed by atoms with Gasteiger partial charge in [-0.2, -0.15) is 0 Å². The Morgan fingerprint density at radius 2 is 2.04 bits per heavy atom. The molecule has 0 bridgehead atoms. The van der Waals surface area contributed by atoms with Crippen molar-refractivity contribution in [2.45, 2.75) is 13.8 Å². The Labute approximate surface area is 140 Å². The lowest BCUT2D eigenvalue weighted by molar-refractivity contribution is -0.131. The van der Waals surface area contributed by atoms with Crippen molar-refractivity contribution in [3.63, 3.8) is 0 Å². The van der Waals surface area contributed by atoms with E-state index < -0.39 is 5.97 Å². The Hall–Kier alpha value is -2.80. The monoisotopic (exact) mass is 327 g/mol. The zero-order valence-electron chi connectivity index (χ0n) is 13.7. The highest BCUT2D eigenvalue weighted by Gasteiger charge is 2.15. The summed E-state index contributed by atoms with van der Waals surface area (Å²) in [5, 5.41) is 11.9. The van der Waals surface area contributed by atoms with Gasteiger partial charge in [0.15, 0.2) is 0 Å². The van der Waals surface area contributed by atoms with Crippen LogP contribution in [0.4, 0.5) is 5.82 Å². The molecule has 2 aromatic heterocycles. The summed E-state index contributed by atoms with van der Waals surface area (Å²) in [5.41, 5.74) is 7.78. The first kappa shape index (κ1) is 17.6. The minimum atomic E-state index is -1.01. The zero-order chi connectivity index (χ0) is 17.6. The molecule has 0 radical (unpaired) electrons. The Morgan fingerprint density at radius 1 is 1.29 bits per heavy atom. The maximum atomic E-state index is 10.6. The normalized spacial score (nSPS) is 11.6. The Kier molecular flexibility index (Phi) is 5.59. The van der Waals surface area contributed by atoms with Crippen LogP contribution in [0.15, 0.2) is 36.9 Å². The fourth-order valence-corrected chi connectivity index (χ4v) is 1.85. The van der Waals surface area contributed by atoms with Crippen molar-refractivity contribution in [2.75, 3.05) is 18.4 Å². The van der Waals surface area contributed by atoms with E-state index in [1.165, 1.54) is 6.08 Å². The van der Waals surface area contributed by atoms with E-state index in [1.54, 1.807) is 24.8 Å². The quantitative estimate of drug-likeness (QED) is 0.667. The lowest BCUT2D eigenvalue weighted by atomic mass is 9.94. The van der Waals surface area contributed by atoms with E-state index in [0.717, 1.165) is 11.6 Å². The van der Waals surface area contributed by atoms with E-state index >= 15 is 0 Å². The van der Waals surface area contributed by atoms with Crippen LogP contribution in [0.3, 0.4) is 0 Å². The van der Waals surface area contributed by atoms with Crippen molar-refractivity contribution in [1.82, 2.24) is 15.0 Å². The van der Waals surface area contributed by atoms with Crippen LogP contribution < -0.4 is 11.1 Å². The van der Waals surface area contributed by atoms with Gasteiger partial charge in [0.05, 0.1) is 18.1 Å². The highest BCUT2D eigenvalue weighted by atomic mass is 16.4. The Balaban J connectivity index is 2.19. The summed E-state index contributed by atoms with van der Waals surface area (Å²) < 4.78 is 0. The summed E-state index contributed by atoms with van der Waals surface area (Å²) in [6.07, 6.45) is 9.09. The lowest BCUT2D eigenvalue weighted by Gasteiger charge is -2.22.